The van der Waals surface area contributed by atoms with Gasteiger partial charge in [-0.3, -0.25) is 4.79 Å². The van der Waals surface area contributed by atoms with E-state index in [2.05, 4.69) is 10.2 Å². The lowest BCUT2D eigenvalue weighted by Crippen LogP contribution is -1.98. The van der Waals surface area contributed by atoms with Gasteiger partial charge in [0, 0.05) is 18.3 Å². The van der Waals surface area contributed by atoms with Crippen LogP contribution in [0.3, 0.4) is 0 Å². The molecule has 2 aromatic rings. The highest BCUT2D eigenvalue weighted by atomic mass is 32.2. The van der Waals surface area contributed by atoms with Gasteiger partial charge < -0.3 is 10.3 Å². The molecular formula is C12H14N4OS. The van der Waals surface area contributed by atoms with Crippen molar-refractivity contribution in [2.24, 2.45) is 7.05 Å². The van der Waals surface area contributed by atoms with Gasteiger partial charge in [0.15, 0.2) is 11.0 Å². The molecule has 94 valence electrons. The van der Waals surface area contributed by atoms with Gasteiger partial charge in [0.1, 0.15) is 5.78 Å². The van der Waals surface area contributed by atoms with Crippen LogP contribution in [0.15, 0.2) is 29.4 Å². The Morgan fingerprint density at radius 3 is 2.61 bits per heavy atom. The first-order valence-corrected chi connectivity index (χ1v) is 6.44. The molecule has 1 heterocycles. The normalized spacial score (nSPS) is 10.6. The summed E-state index contributed by atoms with van der Waals surface area (Å²) in [4.78, 5) is 11.0. The number of Topliss-reactive ketones (excluding diaryl/α,β-unsaturated/α-hetero) is 1. The molecule has 0 saturated heterocycles. The zero-order valence-electron chi connectivity index (χ0n) is 10.3. The second kappa shape index (κ2) is 5.22. The summed E-state index contributed by atoms with van der Waals surface area (Å²) in [6.45, 7) is 1.56. The molecule has 0 amide bonds. The zero-order valence-corrected chi connectivity index (χ0v) is 11.1. The van der Waals surface area contributed by atoms with Gasteiger partial charge in [0.2, 0.25) is 0 Å². The van der Waals surface area contributed by atoms with E-state index in [0.717, 1.165) is 16.5 Å². The lowest BCUT2D eigenvalue weighted by Gasteiger charge is -2.03. The number of nitrogens with zero attached hydrogens (tertiary/aromatic N) is 3. The van der Waals surface area contributed by atoms with Crippen LogP contribution in [0.2, 0.25) is 0 Å². The monoisotopic (exact) mass is 262 g/mol. The summed E-state index contributed by atoms with van der Waals surface area (Å²) in [5.74, 6) is 1.30. The number of hydrogen-bond acceptors (Lipinski definition) is 5. The van der Waals surface area contributed by atoms with Crippen molar-refractivity contribution < 1.29 is 4.79 Å². The maximum atomic E-state index is 11.0. The summed E-state index contributed by atoms with van der Waals surface area (Å²) in [6.07, 6.45) is 0. The predicted octanol–water partition coefficient (Wildman–Crippen LogP) is 1.75. The summed E-state index contributed by atoms with van der Waals surface area (Å²) < 4.78 is 1.87. The van der Waals surface area contributed by atoms with Crippen LogP contribution in [0.25, 0.3) is 11.4 Å². The van der Waals surface area contributed by atoms with E-state index in [1.54, 1.807) is 6.92 Å². The van der Waals surface area contributed by atoms with Gasteiger partial charge in [-0.2, -0.15) is 0 Å². The number of nitrogen functional groups attached to an aromatic ring is 1. The fourth-order valence-corrected chi connectivity index (χ4v) is 2.20. The number of carbonyl (C=O) groups is 1. The third-order valence-electron chi connectivity index (χ3n) is 2.41. The van der Waals surface area contributed by atoms with Crippen LogP contribution < -0.4 is 5.73 Å². The maximum Gasteiger partial charge on any atom is 0.191 e. The Morgan fingerprint density at radius 1 is 1.33 bits per heavy atom. The third kappa shape index (κ3) is 2.70. The van der Waals surface area contributed by atoms with Gasteiger partial charge in [-0.05, 0) is 31.2 Å². The predicted molar refractivity (Wildman–Crippen MR) is 72.3 cm³/mol. The molecule has 0 fully saturated rings. The van der Waals surface area contributed by atoms with Crippen molar-refractivity contribution in [1.82, 2.24) is 14.8 Å². The van der Waals surface area contributed by atoms with Gasteiger partial charge in [-0.1, -0.05) is 11.8 Å². The number of rotatable bonds is 4. The van der Waals surface area contributed by atoms with Crippen LogP contribution in [0, 0.1) is 0 Å². The Bertz CT molecular complexity index is 562. The van der Waals surface area contributed by atoms with Gasteiger partial charge in [-0.25, -0.2) is 0 Å². The molecule has 0 aliphatic carbocycles. The molecule has 2 rings (SSSR count). The molecule has 5 nitrogen and oxygen atoms in total. The molecular weight excluding hydrogens is 248 g/mol. The van der Waals surface area contributed by atoms with Crippen molar-refractivity contribution >= 4 is 23.2 Å². The maximum absolute atomic E-state index is 11.0. The summed E-state index contributed by atoms with van der Waals surface area (Å²) >= 11 is 1.39. The van der Waals surface area contributed by atoms with E-state index >= 15 is 0 Å². The van der Waals surface area contributed by atoms with Crippen LogP contribution in [0.5, 0.6) is 0 Å². The highest BCUT2D eigenvalue weighted by molar-refractivity contribution is 7.99. The Morgan fingerprint density at radius 2 is 2.00 bits per heavy atom. The van der Waals surface area contributed by atoms with Crippen LogP contribution in [-0.4, -0.2) is 26.3 Å². The fourth-order valence-electron chi connectivity index (χ4n) is 1.49. The number of nitrogens with two attached hydrogens (primary N) is 1. The van der Waals surface area contributed by atoms with Crippen LogP contribution in [0.4, 0.5) is 5.69 Å². The van der Waals surface area contributed by atoms with Gasteiger partial charge >= 0.3 is 0 Å². The molecule has 0 radical (unpaired) electrons. The highest BCUT2D eigenvalue weighted by Crippen LogP contribution is 2.23. The van der Waals surface area contributed by atoms with Crippen molar-refractivity contribution in [1.29, 1.82) is 0 Å². The molecule has 0 bridgehead atoms. The van der Waals surface area contributed by atoms with Crippen LogP contribution >= 0.6 is 11.8 Å². The Balaban J connectivity index is 2.25. The Labute approximate surface area is 109 Å². The van der Waals surface area contributed by atoms with E-state index < -0.39 is 0 Å². The number of carbonyl (C=O) groups excluding carboxylic acids is 1. The number of hydrogen-bond donors (Lipinski definition) is 1. The molecule has 18 heavy (non-hydrogen) atoms. The molecule has 0 spiro atoms. The minimum Gasteiger partial charge on any atom is -0.399 e. The lowest BCUT2D eigenvalue weighted by atomic mass is 10.2. The van der Waals surface area contributed by atoms with E-state index in [0.29, 0.717) is 11.4 Å². The van der Waals surface area contributed by atoms with E-state index in [1.165, 1.54) is 11.8 Å². The van der Waals surface area contributed by atoms with E-state index in [-0.39, 0.29) is 5.78 Å². The average Bonchev–Trinajstić information content (AvgIpc) is 2.69. The van der Waals surface area contributed by atoms with Crippen LogP contribution in [0.1, 0.15) is 6.92 Å². The molecule has 0 aliphatic heterocycles. The summed E-state index contributed by atoms with van der Waals surface area (Å²) in [5, 5.41) is 8.95. The SMILES string of the molecule is CC(=O)CSc1nnc(-c2ccc(N)cc2)n1C. The molecule has 0 unspecified atom stereocenters. The van der Waals surface area contributed by atoms with Crippen molar-refractivity contribution in [3.63, 3.8) is 0 Å². The number of ketones is 1. The molecule has 6 heteroatoms. The number of aromatic nitrogens is 3. The number of benzene rings is 1. The quantitative estimate of drug-likeness (QED) is 0.671. The zero-order chi connectivity index (χ0) is 13.1. The molecule has 2 N–H and O–H groups in total. The summed E-state index contributed by atoms with van der Waals surface area (Å²) in [6, 6.07) is 7.45. The molecule has 0 aliphatic rings. The van der Waals surface area contributed by atoms with E-state index in [1.807, 2.05) is 35.9 Å². The minimum atomic E-state index is 0.122. The summed E-state index contributed by atoms with van der Waals surface area (Å²) in [5.41, 5.74) is 7.31. The van der Waals surface area contributed by atoms with E-state index in [9.17, 15) is 4.79 Å². The molecule has 0 atom stereocenters. The second-order valence-corrected chi connectivity index (χ2v) is 4.92. The van der Waals surface area contributed by atoms with Gasteiger partial charge in [-0.15, -0.1) is 10.2 Å². The number of anilines is 1. The van der Waals surface area contributed by atoms with Gasteiger partial charge in [0.05, 0.1) is 5.75 Å². The van der Waals surface area contributed by atoms with Gasteiger partial charge in [0.25, 0.3) is 0 Å². The Kier molecular flexibility index (Phi) is 3.66. The first kappa shape index (κ1) is 12.6. The number of thioether (sulfide) groups is 1. The van der Waals surface area contributed by atoms with E-state index in [4.69, 9.17) is 5.73 Å². The summed E-state index contributed by atoms with van der Waals surface area (Å²) in [7, 11) is 1.88. The third-order valence-corrected chi connectivity index (χ3v) is 3.57. The smallest absolute Gasteiger partial charge is 0.191 e. The fraction of sp³-hybridized carbons (Fsp3) is 0.250. The molecule has 1 aromatic heterocycles. The largest absolute Gasteiger partial charge is 0.399 e. The first-order chi connectivity index (χ1) is 8.58. The average molecular weight is 262 g/mol. The lowest BCUT2D eigenvalue weighted by molar-refractivity contribution is -0.114. The van der Waals surface area contributed by atoms with Crippen LogP contribution in [-0.2, 0) is 11.8 Å². The highest BCUT2D eigenvalue weighted by Gasteiger charge is 2.11. The van der Waals surface area contributed by atoms with Crippen molar-refractivity contribution in [3.05, 3.63) is 24.3 Å². The standard InChI is InChI=1S/C12H14N4OS/c1-8(17)7-18-12-15-14-11(16(12)2)9-3-5-10(13)6-4-9/h3-6H,7,13H2,1-2H3. The topological polar surface area (TPSA) is 73.8 Å². The minimum absolute atomic E-state index is 0.122. The van der Waals surface area contributed by atoms with Crippen molar-refractivity contribution in [3.8, 4) is 11.4 Å². The first-order valence-electron chi connectivity index (χ1n) is 5.45. The van der Waals surface area contributed by atoms with Crippen molar-refractivity contribution in [2.75, 3.05) is 11.5 Å². The Hall–Kier alpha value is -1.82. The molecule has 1 aromatic carbocycles. The van der Waals surface area contributed by atoms with Crippen molar-refractivity contribution in [2.45, 2.75) is 12.1 Å². The second-order valence-electron chi connectivity index (χ2n) is 3.98. The molecule has 0 saturated carbocycles.